The zero-order valence-electron chi connectivity index (χ0n) is 10.6. The third-order valence-corrected chi connectivity index (χ3v) is 4.67. The Bertz CT molecular complexity index is 622. The second-order valence-electron chi connectivity index (χ2n) is 4.83. The first-order chi connectivity index (χ1) is 8.79. The molecule has 102 valence electrons. The van der Waals surface area contributed by atoms with Gasteiger partial charge in [-0.1, -0.05) is 23.8 Å². The van der Waals surface area contributed by atoms with E-state index in [2.05, 4.69) is 6.58 Å². The van der Waals surface area contributed by atoms with E-state index in [1.54, 1.807) is 18.2 Å². The van der Waals surface area contributed by atoms with Gasteiger partial charge in [0, 0.05) is 5.92 Å². The lowest BCUT2D eigenvalue weighted by Gasteiger charge is -2.12. The van der Waals surface area contributed by atoms with E-state index in [0.29, 0.717) is 6.42 Å². The Morgan fingerprint density at radius 3 is 2.53 bits per heavy atom. The molecular weight excluding hydrogens is 264 g/mol. The highest BCUT2D eigenvalue weighted by molar-refractivity contribution is 7.90. The Balaban J connectivity index is 2.16. The second kappa shape index (κ2) is 4.47. The number of nitrogens with two attached hydrogens (primary N) is 1. The molecule has 6 heteroatoms. The second-order valence-corrected chi connectivity index (χ2v) is 6.52. The Morgan fingerprint density at radius 2 is 2.05 bits per heavy atom. The highest BCUT2D eigenvalue weighted by Crippen LogP contribution is 2.42. The molecule has 0 spiro atoms. The summed E-state index contributed by atoms with van der Waals surface area (Å²) in [6.45, 7) is 5.41. The molecule has 0 bridgehead atoms. The minimum atomic E-state index is -3.86. The van der Waals surface area contributed by atoms with Crippen LogP contribution >= 0.6 is 0 Å². The van der Waals surface area contributed by atoms with Crippen LogP contribution in [0.1, 0.15) is 12.0 Å². The normalized spacial score (nSPS) is 25.7. The molecule has 3 N–H and O–H groups in total. The van der Waals surface area contributed by atoms with Gasteiger partial charge < -0.3 is 5.73 Å². The number of sulfonamides is 1. The summed E-state index contributed by atoms with van der Waals surface area (Å²) in [4.78, 5) is 11.9. The number of carbonyl (C=O) groups is 1. The van der Waals surface area contributed by atoms with Crippen molar-refractivity contribution in [2.45, 2.75) is 23.8 Å². The molecule has 2 atom stereocenters. The molecule has 0 radical (unpaired) electrons. The maximum Gasteiger partial charge on any atom is 0.264 e. The van der Waals surface area contributed by atoms with E-state index in [1.165, 1.54) is 12.1 Å². The third kappa shape index (κ3) is 2.54. The van der Waals surface area contributed by atoms with Gasteiger partial charge in [0.05, 0.1) is 4.90 Å². The molecule has 5 nitrogen and oxygen atoms in total. The van der Waals surface area contributed by atoms with Gasteiger partial charge in [0.15, 0.2) is 0 Å². The van der Waals surface area contributed by atoms with E-state index >= 15 is 0 Å². The first kappa shape index (κ1) is 13.8. The van der Waals surface area contributed by atoms with Crippen molar-refractivity contribution in [3.8, 4) is 0 Å². The third-order valence-electron chi connectivity index (χ3n) is 3.32. The van der Waals surface area contributed by atoms with Gasteiger partial charge in [-0.05, 0) is 25.5 Å². The number of aryl methyl sites for hydroxylation is 1. The number of carbonyl (C=O) groups excluding carboxylic acids is 1. The Morgan fingerprint density at radius 1 is 1.47 bits per heavy atom. The fraction of sp³-hybridized carbons (Fsp3) is 0.308. The molecule has 1 fully saturated rings. The number of rotatable bonds is 4. The van der Waals surface area contributed by atoms with Crippen LogP contribution in [0.4, 0.5) is 0 Å². The summed E-state index contributed by atoms with van der Waals surface area (Å²) >= 11 is 0. The quantitative estimate of drug-likeness (QED) is 0.795. The van der Waals surface area contributed by atoms with E-state index in [1.807, 2.05) is 11.6 Å². The van der Waals surface area contributed by atoms with E-state index in [-0.39, 0.29) is 10.8 Å². The predicted molar refractivity (Wildman–Crippen MR) is 71.7 cm³/mol. The largest absolute Gasteiger partial charge is 0.317 e. The monoisotopic (exact) mass is 280 g/mol. The lowest BCUT2D eigenvalue weighted by atomic mass is 10.2. The molecule has 0 saturated heterocycles. The molecule has 0 aliphatic heterocycles. The van der Waals surface area contributed by atoms with Crippen molar-refractivity contribution >= 4 is 15.9 Å². The number of nitrogens with one attached hydrogen (secondary N) is 1. The Hall–Kier alpha value is -1.66. The summed E-state index contributed by atoms with van der Waals surface area (Å²) in [5, 5.41) is 0. The molecule has 2 rings (SSSR count). The molecule has 1 amide bonds. The number of amides is 1. The van der Waals surface area contributed by atoms with Crippen LogP contribution < -0.4 is 10.5 Å². The number of benzene rings is 1. The average molecular weight is 280 g/mol. The summed E-state index contributed by atoms with van der Waals surface area (Å²) in [6, 6.07) is 6.24. The van der Waals surface area contributed by atoms with Gasteiger partial charge >= 0.3 is 0 Å². The van der Waals surface area contributed by atoms with Crippen LogP contribution in [-0.4, -0.2) is 19.9 Å². The van der Waals surface area contributed by atoms with Crippen LogP contribution in [0, 0.1) is 12.8 Å². The zero-order valence-corrected chi connectivity index (χ0v) is 11.4. The molecule has 2 unspecified atom stereocenters. The van der Waals surface area contributed by atoms with Gasteiger partial charge in [0.25, 0.3) is 15.9 Å². The van der Waals surface area contributed by atoms with Crippen molar-refractivity contribution < 1.29 is 13.2 Å². The van der Waals surface area contributed by atoms with E-state index < -0.39 is 21.5 Å². The molecule has 19 heavy (non-hydrogen) atoms. The average Bonchev–Trinajstić information content (AvgIpc) is 3.02. The van der Waals surface area contributed by atoms with Crippen molar-refractivity contribution in [1.29, 1.82) is 0 Å². The lowest BCUT2D eigenvalue weighted by molar-refractivity contribution is -0.121. The van der Waals surface area contributed by atoms with Crippen LogP contribution in [0.5, 0.6) is 0 Å². The fourth-order valence-electron chi connectivity index (χ4n) is 1.85. The molecule has 1 aromatic carbocycles. The van der Waals surface area contributed by atoms with Crippen molar-refractivity contribution in [3.63, 3.8) is 0 Å². The molecule has 1 aliphatic rings. The summed E-state index contributed by atoms with van der Waals surface area (Å²) in [6.07, 6.45) is 1.99. The molecule has 1 aromatic rings. The SMILES string of the molecule is C=CC1CC1(N)C(=O)NS(=O)(=O)c1ccc(C)cc1. The van der Waals surface area contributed by atoms with Crippen LogP contribution in [0.3, 0.4) is 0 Å². The van der Waals surface area contributed by atoms with Crippen LogP contribution in [0.25, 0.3) is 0 Å². The highest BCUT2D eigenvalue weighted by atomic mass is 32.2. The Kier molecular flexibility index (Phi) is 3.24. The van der Waals surface area contributed by atoms with E-state index in [0.717, 1.165) is 5.56 Å². The summed E-state index contributed by atoms with van der Waals surface area (Å²) in [5.41, 5.74) is 5.61. The van der Waals surface area contributed by atoms with Gasteiger partial charge in [-0.2, -0.15) is 0 Å². The van der Waals surface area contributed by atoms with Crippen LogP contribution in [-0.2, 0) is 14.8 Å². The van der Waals surface area contributed by atoms with E-state index in [4.69, 9.17) is 5.73 Å². The maximum atomic E-state index is 12.0. The standard InChI is InChI=1S/C13H16N2O3S/c1-3-10-8-13(10,14)12(16)15-19(17,18)11-6-4-9(2)5-7-11/h3-7,10H,1,8,14H2,2H3,(H,15,16). The molecule has 0 heterocycles. The van der Waals surface area contributed by atoms with Crippen LogP contribution in [0.15, 0.2) is 41.8 Å². The van der Waals surface area contributed by atoms with Crippen molar-refractivity contribution in [2.75, 3.05) is 0 Å². The van der Waals surface area contributed by atoms with Gasteiger partial charge in [0.2, 0.25) is 0 Å². The van der Waals surface area contributed by atoms with Crippen LogP contribution in [0.2, 0.25) is 0 Å². The summed E-state index contributed by atoms with van der Waals surface area (Å²) in [5.74, 6) is -0.848. The number of hydrogen-bond donors (Lipinski definition) is 2. The maximum absolute atomic E-state index is 12.0. The topological polar surface area (TPSA) is 89.3 Å². The fourth-order valence-corrected chi connectivity index (χ4v) is 2.90. The molecule has 0 aromatic heterocycles. The van der Waals surface area contributed by atoms with Crippen molar-refractivity contribution in [1.82, 2.24) is 4.72 Å². The van der Waals surface area contributed by atoms with Gasteiger partial charge in [-0.25, -0.2) is 13.1 Å². The first-order valence-electron chi connectivity index (χ1n) is 5.85. The van der Waals surface area contributed by atoms with Crippen molar-refractivity contribution in [2.24, 2.45) is 11.7 Å². The first-order valence-corrected chi connectivity index (χ1v) is 7.33. The smallest absolute Gasteiger partial charge is 0.264 e. The molecular formula is C13H16N2O3S. The molecule has 1 aliphatic carbocycles. The zero-order chi connectivity index (χ0) is 14.3. The molecule has 1 saturated carbocycles. The summed E-state index contributed by atoms with van der Waals surface area (Å²) in [7, 11) is -3.86. The summed E-state index contributed by atoms with van der Waals surface area (Å²) < 4.78 is 26.0. The van der Waals surface area contributed by atoms with Crippen molar-refractivity contribution in [3.05, 3.63) is 42.5 Å². The van der Waals surface area contributed by atoms with Gasteiger partial charge in [-0.15, -0.1) is 6.58 Å². The predicted octanol–water partition coefficient (Wildman–Crippen LogP) is 0.703. The minimum Gasteiger partial charge on any atom is -0.317 e. The van der Waals surface area contributed by atoms with Gasteiger partial charge in [0.1, 0.15) is 5.54 Å². The minimum absolute atomic E-state index is 0.0471. The van der Waals surface area contributed by atoms with E-state index in [9.17, 15) is 13.2 Å². The number of hydrogen-bond acceptors (Lipinski definition) is 4. The highest BCUT2D eigenvalue weighted by Gasteiger charge is 2.56. The van der Waals surface area contributed by atoms with Gasteiger partial charge in [-0.3, -0.25) is 4.79 Å². The Labute approximate surface area is 112 Å². The lowest BCUT2D eigenvalue weighted by Crippen LogP contribution is -2.46.